The van der Waals surface area contributed by atoms with E-state index in [1.807, 2.05) is 6.92 Å². The summed E-state index contributed by atoms with van der Waals surface area (Å²) >= 11 is 3.62. The first kappa shape index (κ1) is 32.6. The molecular formula is C25H30N6O8S3. The van der Waals surface area contributed by atoms with E-state index in [1.165, 1.54) is 23.8 Å². The molecule has 42 heavy (non-hydrogen) atoms. The van der Waals surface area contributed by atoms with Gasteiger partial charge in [-0.25, -0.2) is 19.6 Å². The molecule has 0 unspecified atom stereocenters. The van der Waals surface area contributed by atoms with Gasteiger partial charge in [-0.15, -0.1) is 34.4 Å². The molecule has 2 aromatic heterocycles. The Morgan fingerprint density at radius 1 is 1.26 bits per heavy atom. The molecule has 17 heteroatoms. The number of allylic oxidation sites excluding steroid dienone is 1. The summed E-state index contributed by atoms with van der Waals surface area (Å²) in [6.45, 7) is 6.16. The molecule has 14 nitrogen and oxygen atoms in total. The van der Waals surface area contributed by atoms with E-state index in [-0.39, 0.29) is 28.0 Å². The number of carbonyl (C=O) groups excluding carboxylic acids is 3. The molecular weight excluding hydrogens is 609 g/mol. The minimum Gasteiger partial charge on any atom is -0.480 e. The number of nitrogens with zero attached hydrogens (tertiary/aromatic N) is 3. The Bertz CT molecular complexity index is 1420. The van der Waals surface area contributed by atoms with Gasteiger partial charge in [-0.2, -0.15) is 0 Å². The first-order valence-electron chi connectivity index (χ1n) is 12.2. The van der Waals surface area contributed by atoms with Crippen molar-refractivity contribution in [2.24, 2.45) is 10.6 Å². The normalized spacial score (nSPS) is 16.5. The Morgan fingerprint density at radius 2 is 2.00 bits per heavy atom. The average molecular weight is 639 g/mol. The number of amides is 1. The Balaban J connectivity index is 1.85. The number of aliphatic carboxylic acids is 1. The second-order valence-corrected chi connectivity index (χ2v) is 12.5. The highest BCUT2D eigenvalue weighted by Crippen LogP contribution is 2.28. The highest BCUT2D eigenvalue weighted by atomic mass is 32.2. The maximum atomic E-state index is 13.1. The largest absolute Gasteiger partial charge is 0.480 e. The van der Waals surface area contributed by atoms with E-state index in [0.29, 0.717) is 5.57 Å². The molecule has 0 aromatic carbocycles. The summed E-state index contributed by atoms with van der Waals surface area (Å²) in [7, 11) is 1.22. The first-order chi connectivity index (χ1) is 19.8. The Morgan fingerprint density at radius 3 is 2.57 bits per heavy atom. The number of rotatable bonds is 11. The summed E-state index contributed by atoms with van der Waals surface area (Å²) in [6.07, 6.45) is 3.47. The summed E-state index contributed by atoms with van der Waals surface area (Å²) in [4.78, 5) is 64.4. The van der Waals surface area contributed by atoms with E-state index in [1.54, 1.807) is 38.4 Å². The molecule has 0 radical (unpaired) electrons. The molecule has 1 amide bonds. The van der Waals surface area contributed by atoms with E-state index in [2.05, 4.69) is 25.8 Å². The number of ether oxygens (including phenoxy) is 2. The van der Waals surface area contributed by atoms with Crippen LogP contribution in [0.2, 0.25) is 0 Å². The molecule has 0 saturated carbocycles. The average Bonchev–Trinajstić information content (AvgIpc) is 3.55. The molecule has 0 spiro atoms. The van der Waals surface area contributed by atoms with Gasteiger partial charge in [0.15, 0.2) is 16.9 Å². The van der Waals surface area contributed by atoms with Gasteiger partial charge in [0.05, 0.1) is 16.6 Å². The number of carboxylic acids is 1. The smallest absolute Gasteiger partial charge is 0.357 e. The number of thioether (sulfide) groups is 1. The highest BCUT2D eigenvalue weighted by Gasteiger charge is 2.37. The van der Waals surface area contributed by atoms with Crippen molar-refractivity contribution >= 4 is 75.2 Å². The number of aromatic nitrogens is 2. The van der Waals surface area contributed by atoms with Gasteiger partial charge in [0.2, 0.25) is 6.79 Å². The molecule has 1 aliphatic heterocycles. The Labute approximate surface area is 253 Å². The lowest BCUT2D eigenvalue weighted by Crippen LogP contribution is -2.56. The molecule has 5 N–H and O–H groups in total. The first-order valence-corrected chi connectivity index (χ1v) is 15.0. The number of esters is 2. The number of anilines is 1. The zero-order valence-electron chi connectivity index (χ0n) is 23.3. The van der Waals surface area contributed by atoms with Crippen molar-refractivity contribution in [3.05, 3.63) is 44.5 Å². The third kappa shape index (κ3) is 8.53. The van der Waals surface area contributed by atoms with Crippen molar-refractivity contribution in [3.8, 4) is 0 Å². The highest BCUT2D eigenvalue weighted by molar-refractivity contribution is 8.00. The number of hydrogen-bond donors (Lipinski definition) is 4. The SMILES string of the molecule is CO/N=C(/C(=O)N[C@H](C(=O)O)[C@@H]1NC(C(=O)OCOC(=O)C(C)(C)C)=C(/C=C\c2scnc2C)CS1)c1csc(N)n1. The molecule has 3 rings (SSSR count). The Hall–Kier alpha value is -3.96. The third-order valence-corrected chi connectivity index (χ3v) is 8.26. The third-order valence-electron chi connectivity index (χ3n) is 5.46. The van der Waals surface area contributed by atoms with Crippen LogP contribution in [0.1, 0.15) is 37.0 Å². The van der Waals surface area contributed by atoms with E-state index < -0.39 is 47.4 Å². The van der Waals surface area contributed by atoms with Crippen molar-refractivity contribution in [1.29, 1.82) is 0 Å². The minimum atomic E-state index is -1.53. The fourth-order valence-corrected chi connectivity index (χ4v) is 5.69. The summed E-state index contributed by atoms with van der Waals surface area (Å²) in [6, 6.07) is -1.53. The van der Waals surface area contributed by atoms with E-state index >= 15 is 0 Å². The zero-order valence-corrected chi connectivity index (χ0v) is 25.8. The Kier molecular flexibility index (Phi) is 11.1. The van der Waals surface area contributed by atoms with Gasteiger partial charge in [0.1, 0.15) is 23.9 Å². The lowest BCUT2D eigenvalue weighted by atomic mass is 9.98. The van der Waals surface area contributed by atoms with E-state index in [0.717, 1.165) is 33.7 Å². The molecule has 0 fully saturated rings. The van der Waals surface area contributed by atoms with Gasteiger partial charge >= 0.3 is 17.9 Å². The molecule has 0 bridgehead atoms. The number of carbonyl (C=O) groups is 4. The van der Waals surface area contributed by atoms with Crippen LogP contribution in [-0.4, -0.2) is 75.7 Å². The minimum absolute atomic E-state index is 0.0532. The van der Waals surface area contributed by atoms with Crippen LogP contribution in [0.5, 0.6) is 0 Å². The second-order valence-electron chi connectivity index (χ2n) is 9.63. The number of thiazole rings is 2. The quantitative estimate of drug-likeness (QED) is 0.121. The summed E-state index contributed by atoms with van der Waals surface area (Å²) in [5, 5.41) is 19.6. The molecule has 226 valence electrons. The van der Waals surface area contributed by atoms with Gasteiger partial charge in [-0.3, -0.25) is 9.59 Å². The fraction of sp³-hybridized carbons (Fsp3) is 0.400. The van der Waals surface area contributed by atoms with Crippen molar-refractivity contribution in [3.63, 3.8) is 0 Å². The predicted molar refractivity (Wildman–Crippen MR) is 158 cm³/mol. The van der Waals surface area contributed by atoms with Crippen molar-refractivity contribution in [1.82, 2.24) is 20.6 Å². The van der Waals surface area contributed by atoms with Crippen LogP contribution in [0, 0.1) is 12.3 Å². The van der Waals surface area contributed by atoms with Crippen LogP contribution in [0.3, 0.4) is 0 Å². The molecule has 1 aliphatic rings. The van der Waals surface area contributed by atoms with E-state index in [9.17, 15) is 24.3 Å². The number of nitrogens with two attached hydrogens (primary N) is 1. The second kappa shape index (κ2) is 14.3. The van der Waals surface area contributed by atoms with Crippen LogP contribution in [-0.2, 0) is 33.5 Å². The number of carboxylic acid groups (broad SMARTS) is 1. The van der Waals surface area contributed by atoms with Gasteiger partial charge in [0, 0.05) is 16.0 Å². The molecule has 2 aromatic rings. The monoisotopic (exact) mass is 638 g/mol. The van der Waals surface area contributed by atoms with Gasteiger partial charge < -0.3 is 35.8 Å². The summed E-state index contributed by atoms with van der Waals surface area (Å²) in [5.41, 5.74) is 7.60. The van der Waals surface area contributed by atoms with Gasteiger partial charge in [-0.1, -0.05) is 11.2 Å². The van der Waals surface area contributed by atoms with Crippen molar-refractivity contribution in [2.75, 3.05) is 25.4 Å². The number of oxime groups is 1. The fourth-order valence-electron chi connectivity index (χ4n) is 3.27. The maximum Gasteiger partial charge on any atom is 0.357 e. The zero-order chi connectivity index (χ0) is 31.0. The van der Waals surface area contributed by atoms with Crippen LogP contribution in [0.4, 0.5) is 5.13 Å². The van der Waals surface area contributed by atoms with Crippen LogP contribution in [0.25, 0.3) is 6.08 Å². The van der Waals surface area contributed by atoms with E-state index in [4.69, 9.17) is 20.0 Å². The maximum absolute atomic E-state index is 13.1. The lowest BCUT2D eigenvalue weighted by Gasteiger charge is -2.31. The standard InChI is InChI=1S/C25H30N6O8S3/c1-12-15(42-10-27-12)7-6-13-8-40-20(30-16(13)22(35)38-11-39-23(36)25(2,3)4)18(21(33)34)29-19(32)17(31-37-5)14-9-41-24(26)28-14/h6-7,9-10,18,20,30H,8,11H2,1-5H3,(H2,26,28)(H,29,32)(H,33,34)/b7-6-,31-17+/t18-,20+/m0/s1. The number of nitrogens with one attached hydrogen (secondary N) is 2. The van der Waals surface area contributed by atoms with Crippen molar-refractivity contribution in [2.45, 2.75) is 39.1 Å². The van der Waals surface area contributed by atoms with Gasteiger partial charge in [-0.05, 0) is 39.3 Å². The van der Waals surface area contributed by atoms with Crippen LogP contribution in [0.15, 0.2) is 33.4 Å². The van der Waals surface area contributed by atoms with Crippen LogP contribution < -0.4 is 16.4 Å². The summed E-state index contributed by atoms with van der Waals surface area (Å²) < 4.78 is 10.2. The molecule has 0 saturated heterocycles. The predicted octanol–water partition coefficient (Wildman–Crippen LogP) is 2.13. The topological polar surface area (TPSA) is 204 Å². The lowest BCUT2D eigenvalue weighted by molar-refractivity contribution is -0.171. The molecule has 2 atom stereocenters. The number of hydrogen-bond acceptors (Lipinski definition) is 15. The molecule has 0 aliphatic carbocycles. The van der Waals surface area contributed by atoms with Gasteiger partial charge in [0.25, 0.3) is 5.91 Å². The molecule has 3 heterocycles. The van der Waals surface area contributed by atoms with Crippen LogP contribution >= 0.6 is 34.4 Å². The summed E-state index contributed by atoms with van der Waals surface area (Å²) in [5.74, 6) is -3.53. The number of nitrogen functional groups attached to an aromatic ring is 1. The van der Waals surface area contributed by atoms with Crippen molar-refractivity contribution < 1.29 is 38.6 Å². The number of aryl methyl sites for hydroxylation is 1.